The zero-order valence-electron chi connectivity index (χ0n) is 16.6. The Bertz CT molecular complexity index is 524. The number of likely N-dealkylation sites (N-methyl/N-ethyl adjacent to an activating group) is 1. The van der Waals surface area contributed by atoms with E-state index in [1.54, 1.807) is 0 Å². The van der Waals surface area contributed by atoms with Crippen LogP contribution in [0, 0.1) is 0 Å². The van der Waals surface area contributed by atoms with Gasteiger partial charge in [0, 0.05) is 38.4 Å². The Morgan fingerprint density at radius 2 is 1.84 bits per heavy atom. The smallest absolute Gasteiger partial charge is 0.0869 e. The van der Waals surface area contributed by atoms with Crippen LogP contribution in [0.5, 0.6) is 0 Å². The van der Waals surface area contributed by atoms with E-state index in [2.05, 4.69) is 53.5 Å². The lowest BCUT2D eigenvalue weighted by molar-refractivity contribution is 0.0336. The Morgan fingerprint density at radius 3 is 2.48 bits per heavy atom. The minimum absolute atomic E-state index is 0.581. The molecule has 0 amide bonds. The molecule has 0 aromatic heterocycles. The van der Waals surface area contributed by atoms with Crippen molar-refractivity contribution in [3.05, 3.63) is 29.8 Å². The minimum Gasteiger partial charge on any atom is -0.388 e. The van der Waals surface area contributed by atoms with Gasteiger partial charge in [-0.3, -0.25) is 0 Å². The van der Waals surface area contributed by atoms with E-state index in [1.807, 2.05) is 25.9 Å². The van der Waals surface area contributed by atoms with Gasteiger partial charge >= 0.3 is 0 Å². The first-order chi connectivity index (χ1) is 11.8. The highest BCUT2D eigenvalue weighted by atomic mass is 16.3. The van der Waals surface area contributed by atoms with Gasteiger partial charge in [-0.25, -0.2) is 0 Å². The van der Waals surface area contributed by atoms with Crippen molar-refractivity contribution in [2.45, 2.75) is 38.0 Å². The van der Waals surface area contributed by atoms with Crippen LogP contribution in [-0.2, 0) is 6.54 Å². The van der Waals surface area contributed by atoms with Crippen LogP contribution in [0.4, 0.5) is 5.69 Å². The lowest BCUT2D eigenvalue weighted by Crippen LogP contribution is -2.45. The van der Waals surface area contributed by atoms with Crippen LogP contribution in [0.2, 0.25) is 0 Å². The van der Waals surface area contributed by atoms with Gasteiger partial charge < -0.3 is 25.1 Å². The maximum Gasteiger partial charge on any atom is 0.0869 e. The summed E-state index contributed by atoms with van der Waals surface area (Å²) in [6, 6.07) is 9.23. The molecule has 2 N–H and O–H groups in total. The van der Waals surface area contributed by atoms with Crippen LogP contribution in [0.25, 0.3) is 0 Å². The van der Waals surface area contributed by atoms with Crippen LogP contribution in [-0.4, -0.2) is 80.9 Å². The first kappa shape index (κ1) is 20.2. The van der Waals surface area contributed by atoms with E-state index in [-0.39, 0.29) is 0 Å². The van der Waals surface area contributed by atoms with E-state index in [0.717, 1.165) is 6.54 Å². The van der Waals surface area contributed by atoms with Crippen LogP contribution in [0.1, 0.15) is 25.3 Å². The third-order valence-corrected chi connectivity index (χ3v) is 5.09. The molecule has 1 aliphatic heterocycles. The molecule has 1 aromatic carbocycles. The van der Waals surface area contributed by atoms with E-state index < -0.39 is 5.60 Å². The number of benzene rings is 1. The quantitative estimate of drug-likeness (QED) is 0.747. The molecule has 0 radical (unpaired) electrons. The van der Waals surface area contributed by atoms with Gasteiger partial charge in [0.25, 0.3) is 0 Å². The number of hydrogen-bond acceptors (Lipinski definition) is 5. The van der Waals surface area contributed by atoms with Crippen molar-refractivity contribution in [2.24, 2.45) is 0 Å². The van der Waals surface area contributed by atoms with Crippen molar-refractivity contribution < 1.29 is 5.11 Å². The first-order valence-electron chi connectivity index (χ1n) is 9.35. The maximum absolute atomic E-state index is 10.5. The molecule has 0 aliphatic carbocycles. The third-order valence-electron chi connectivity index (χ3n) is 5.09. The standard InChI is InChI=1S/C20H36N4O/c1-20(25,16-22(2)3)15-21-14-17-8-6-7-9-19(17)24(5)18-10-12-23(4)13-11-18/h6-9,18,21,25H,10-16H2,1-5H3. The zero-order valence-corrected chi connectivity index (χ0v) is 16.6. The molecule has 142 valence electrons. The highest BCUT2D eigenvalue weighted by molar-refractivity contribution is 5.54. The summed E-state index contributed by atoms with van der Waals surface area (Å²) in [7, 11) is 8.39. The van der Waals surface area contributed by atoms with Crippen LogP contribution in [0.15, 0.2) is 24.3 Å². The van der Waals surface area contributed by atoms with Gasteiger partial charge in [0.15, 0.2) is 0 Å². The van der Waals surface area contributed by atoms with Gasteiger partial charge in [0.2, 0.25) is 0 Å². The van der Waals surface area contributed by atoms with E-state index in [9.17, 15) is 5.11 Å². The average Bonchev–Trinajstić information content (AvgIpc) is 2.54. The van der Waals surface area contributed by atoms with E-state index in [1.165, 1.54) is 37.2 Å². The number of hydrogen-bond donors (Lipinski definition) is 2. The van der Waals surface area contributed by atoms with Gasteiger partial charge in [-0.1, -0.05) is 18.2 Å². The summed E-state index contributed by atoms with van der Waals surface area (Å²) in [6.45, 7) is 6.23. The number of aliphatic hydroxyl groups is 1. The van der Waals surface area contributed by atoms with Crippen LogP contribution in [0.3, 0.4) is 0 Å². The fourth-order valence-corrected chi connectivity index (χ4v) is 3.79. The average molecular weight is 349 g/mol. The summed E-state index contributed by atoms with van der Waals surface area (Å²) in [5.74, 6) is 0. The molecular formula is C20H36N4O. The SMILES string of the molecule is CN(C)CC(C)(O)CNCc1ccccc1N(C)C1CCN(C)CC1. The van der Waals surface area contributed by atoms with Crippen LogP contribution >= 0.6 is 0 Å². The number of rotatable bonds is 8. The highest BCUT2D eigenvalue weighted by Crippen LogP contribution is 2.25. The number of nitrogens with zero attached hydrogens (tertiary/aromatic N) is 3. The van der Waals surface area contributed by atoms with Crippen LogP contribution < -0.4 is 10.2 Å². The number of anilines is 1. The molecule has 5 heteroatoms. The Balaban J connectivity index is 1.96. The number of para-hydroxylation sites is 1. The van der Waals surface area contributed by atoms with Gasteiger partial charge in [-0.15, -0.1) is 0 Å². The molecule has 1 saturated heterocycles. The molecule has 0 saturated carbocycles. The van der Waals surface area contributed by atoms with Crippen molar-refractivity contribution in [1.82, 2.24) is 15.1 Å². The van der Waals surface area contributed by atoms with Gasteiger partial charge in [0.1, 0.15) is 0 Å². The second-order valence-corrected chi connectivity index (χ2v) is 8.11. The number of piperidine rings is 1. The monoisotopic (exact) mass is 348 g/mol. The topological polar surface area (TPSA) is 42.0 Å². The third kappa shape index (κ3) is 6.26. The van der Waals surface area contributed by atoms with Crippen molar-refractivity contribution in [2.75, 3.05) is 59.3 Å². The second kappa shape index (κ2) is 8.99. The van der Waals surface area contributed by atoms with Crippen molar-refractivity contribution >= 4 is 5.69 Å². The molecule has 1 heterocycles. The fraction of sp³-hybridized carbons (Fsp3) is 0.700. The largest absolute Gasteiger partial charge is 0.388 e. The molecular weight excluding hydrogens is 312 g/mol. The summed E-state index contributed by atoms with van der Waals surface area (Å²) in [5.41, 5.74) is 1.87. The summed E-state index contributed by atoms with van der Waals surface area (Å²) >= 11 is 0. The highest BCUT2D eigenvalue weighted by Gasteiger charge is 2.23. The summed E-state index contributed by atoms with van der Waals surface area (Å²) in [5, 5.41) is 13.9. The molecule has 1 unspecified atom stereocenters. The predicted octanol–water partition coefficient (Wildman–Crippen LogP) is 1.62. The molecule has 25 heavy (non-hydrogen) atoms. The molecule has 1 aliphatic rings. The lowest BCUT2D eigenvalue weighted by Gasteiger charge is -2.37. The summed E-state index contributed by atoms with van der Waals surface area (Å²) in [4.78, 5) is 6.87. The van der Waals surface area contributed by atoms with Gasteiger partial charge in [-0.05, 0) is 65.6 Å². The Morgan fingerprint density at radius 1 is 1.20 bits per heavy atom. The summed E-state index contributed by atoms with van der Waals surface area (Å²) in [6.07, 6.45) is 2.43. The maximum atomic E-state index is 10.5. The number of likely N-dealkylation sites (tertiary alicyclic amines) is 1. The molecule has 1 atom stereocenters. The number of nitrogens with one attached hydrogen (secondary N) is 1. The lowest BCUT2D eigenvalue weighted by atomic mass is 10.0. The van der Waals surface area contributed by atoms with Crippen molar-refractivity contribution in [3.63, 3.8) is 0 Å². The second-order valence-electron chi connectivity index (χ2n) is 8.11. The molecule has 1 aromatic rings. The molecule has 5 nitrogen and oxygen atoms in total. The Labute approximate surface area is 153 Å². The molecule has 1 fully saturated rings. The van der Waals surface area contributed by atoms with Crippen molar-refractivity contribution in [3.8, 4) is 0 Å². The Hall–Kier alpha value is -1.14. The normalized spacial score (nSPS) is 19.2. The molecule has 0 spiro atoms. The zero-order chi connectivity index (χ0) is 18.4. The Kier molecular flexibility index (Phi) is 7.25. The molecule has 2 rings (SSSR count). The molecule has 0 bridgehead atoms. The predicted molar refractivity (Wildman–Crippen MR) is 106 cm³/mol. The fourth-order valence-electron chi connectivity index (χ4n) is 3.79. The van der Waals surface area contributed by atoms with E-state index in [4.69, 9.17) is 0 Å². The van der Waals surface area contributed by atoms with Crippen molar-refractivity contribution in [1.29, 1.82) is 0 Å². The minimum atomic E-state index is -0.724. The van der Waals surface area contributed by atoms with E-state index >= 15 is 0 Å². The van der Waals surface area contributed by atoms with Gasteiger partial charge in [-0.2, -0.15) is 0 Å². The first-order valence-corrected chi connectivity index (χ1v) is 9.35. The van der Waals surface area contributed by atoms with E-state index in [0.29, 0.717) is 19.1 Å². The van der Waals surface area contributed by atoms with Gasteiger partial charge in [0.05, 0.1) is 5.60 Å². The summed E-state index contributed by atoms with van der Waals surface area (Å²) < 4.78 is 0.